The van der Waals surface area contributed by atoms with E-state index in [4.69, 9.17) is 0 Å². The summed E-state index contributed by atoms with van der Waals surface area (Å²) in [7, 11) is 0. The van der Waals surface area contributed by atoms with Crippen molar-refractivity contribution >= 4 is 27.3 Å². The largest absolute Gasteiger partial charge is 0.314 e. The monoisotopic (exact) mass is 328 g/mol. The zero-order valence-corrected chi connectivity index (χ0v) is 13.1. The minimum Gasteiger partial charge on any atom is -0.314 e. The molecule has 2 aliphatic heterocycles. The van der Waals surface area contributed by atoms with Crippen LogP contribution in [0.2, 0.25) is 0 Å². The lowest BCUT2D eigenvalue weighted by Crippen LogP contribution is -2.40. The van der Waals surface area contributed by atoms with Crippen LogP contribution in [-0.4, -0.2) is 30.6 Å². The molecule has 1 aromatic rings. The normalized spacial score (nSPS) is 26.8. The van der Waals surface area contributed by atoms with Crippen molar-refractivity contribution in [3.63, 3.8) is 0 Å². The number of halogens is 1. The molecule has 18 heavy (non-hydrogen) atoms. The van der Waals surface area contributed by atoms with Crippen LogP contribution in [-0.2, 0) is 6.54 Å². The van der Waals surface area contributed by atoms with Crippen molar-refractivity contribution in [3.05, 3.63) is 20.8 Å². The molecule has 0 spiro atoms. The van der Waals surface area contributed by atoms with Gasteiger partial charge in [0.2, 0.25) is 0 Å². The molecule has 1 N–H and O–H groups in total. The molecule has 0 bridgehead atoms. The van der Waals surface area contributed by atoms with E-state index in [0.29, 0.717) is 0 Å². The van der Waals surface area contributed by atoms with Gasteiger partial charge in [0.15, 0.2) is 0 Å². The van der Waals surface area contributed by atoms with Crippen molar-refractivity contribution in [1.82, 2.24) is 10.2 Å². The summed E-state index contributed by atoms with van der Waals surface area (Å²) in [6.45, 7) is 4.91. The minimum absolute atomic E-state index is 0.820. The second-order valence-electron chi connectivity index (χ2n) is 5.51. The number of hydrogen-bond acceptors (Lipinski definition) is 3. The predicted molar refractivity (Wildman–Crippen MR) is 81.0 cm³/mol. The maximum absolute atomic E-state index is 3.67. The Kier molecular flexibility index (Phi) is 4.39. The van der Waals surface area contributed by atoms with Crippen molar-refractivity contribution in [2.24, 2.45) is 5.92 Å². The first kappa shape index (κ1) is 13.1. The molecule has 0 aliphatic carbocycles. The molecule has 0 amide bonds. The van der Waals surface area contributed by atoms with E-state index >= 15 is 0 Å². The highest BCUT2D eigenvalue weighted by Crippen LogP contribution is 2.29. The van der Waals surface area contributed by atoms with E-state index in [2.05, 4.69) is 37.6 Å². The van der Waals surface area contributed by atoms with Crippen LogP contribution >= 0.6 is 27.3 Å². The number of piperidine rings is 1. The third-order valence-corrected chi connectivity index (χ3v) is 6.27. The van der Waals surface area contributed by atoms with Gasteiger partial charge >= 0.3 is 0 Å². The summed E-state index contributed by atoms with van der Waals surface area (Å²) < 4.78 is 1.28. The maximum Gasteiger partial charge on any atom is 0.0339 e. The Balaban J connectivity index is 1.49. The number of nitrogens with zero attached hydrogens (tertiary/aromatic N) is 1. The second-order valence-corrected chi connectivity index (χ2v) is 7.36. The van der Waals surface area contributed by atoms with Gasteiger partial charge in [-0.15, -0.1) is 11.3 Å². The summed E-state index contributed by atoms with van der Waals surface area (Å²) in [6.07, 6.45) is 5.54. The number of hydrogen-bond donors (Lipinski definition) is 1. The molecule has 0 saturated carbocycles. The van der Waals surface area contributed by atoms with E-state index in [9.17, 15) is 0 Å². The number of rotatable bonds is 3. The lowest BCUT2D eigenvalue weighted by atomic mass is 9.88. The lowest BCUT2D eigenvalue weighted by molar-refractivity contribution is 0.158. The van der Waals surface area contributed by atoms with Gasteiger partial charge in [-0.05, 0) is 78.6 Å². The fourth-order valence-corrected chi connectivity index (χ4v) is 4.79. The second kappa shape index (κ2) is 6.04. The zero-order valence-electron chi connectivity index (χ0n) is 10.7. The van der Waals surface area contributed by atoms with E-state index in [1.807, 2.05) is 11.3 Å². The molecule has 2 aliphatic rings. The SMILES string of the molecule is Brc1ccsc1CN1CCC(C2CCCN2)CC1. The fourth-order valence-electron chi connectivity index (χ4n) is 3.27. The van der Waals surface area contributed by atoms with E-state index in [-0.39, 0.29) is 0 Å². The Bertz CT molecular complexity index is 379. The molecule has 1 unspecified atom stereocenters. The first-order chi connectivity index (χ1) is 8.83. The standard InChI is InChI=1S/C14H21BrN2S/c15-12-5-9-18-14(12)10-17-7-3-11(4-8-17)13-2-1-6-16-13/h5,9,11,13,16H,1-4,6-8,10H2. The summed E-state index contributed by atoms with van der Waals surface area (Å²) in [5.41, 5.74) is 0. The van der Waals surface area contributed by atoms with Crippen LogP contribution in [0.15, 0.2) is 15.9 Å². The lowest BCUT2D eigenvalue weighted by Gasteiger charge is -2.34. The highest BCUT2D eigenvalue weighted by molar-refractivity contribution is 9.10. The van der Waals surface area contributed by atoms with Gasteiger partial charge in [-0.3, -0.25) is 4.90 Å². The molecular weight excluding hydrogens is 308 g/mol. The maximum atomic E-state index is 3.67. The third kappa shape index (κ3) is 2.98. The van der Waals surface area contributed by atoms with Crippen LogP contribution in [0.4, 0.5) is 0 Å². The van der Waals surface area contributed by atoms with Crippen molar-refractivity contribution in [3.8, 4) is 0 Å². The highest BCUT2D eigenvalue weighted by Gasteiger charge is 2.28. The summed E-state index contributed by atoms with van der Waals surface area (Å²) >= 11 is 5.50. The van der Waals surface area contributed by atoms with E-state index in [1.54, 1.807) is 0 Å². The molecule has 3 heterocycles. The first-order valence-corrected chi connectivity index (χ1v) is 8.68. The van der Waals surface area contributed by atoms with Crippen LogP contribution in [0.3, 0.4) is 0 Å². The van der Waals surface area contributed by atoms with E-state index < -0.39 is 0 Å². The summed E-state index contributed by atoms with van der Waals surface area (Å²) in [6, 6.07) is 2.98. The molecule has 2 nitrogen and oxygen atoms in total. The van der Waals surface area contributed by atoms with Crippen LogP contribution < -0.4 is 5.32 Å². The Hall–Kier alpha value is 0.1000. The van der Waals surface area contributed by atoms with Crippen molar-refractivity contribution in [2.45, 2.75) is 38.3 Å². The zero-order chi connectivity index (χ0) is 12.4. The number of nitrogens with one attached hydrogen (secondary N) is 1. The van der Waals surface area contributed by atoms with Gasteiger partial charge in [0.05, 0.1) is 0 Å². The van der Waals surface area contributed by atoms with Gasteiger partial charge in [0, 0.05) is 21.9 Å². The molecule has 1 aromatic heterocycles. The van der Waals surface area contributed by atoms with Gasteiger partial charge < -0.3 is 5.32 Å². The number of thiophene rings is 1. The van der Waals surface area contributed by atoms with Crippen LogP contribution in [0, 0.1) is 5.92 Å². The Morgan fingerprint density at radius 1 is 1.33 bits per heavy atom. The van der Waals surface area contributed by atoms with Crippen LogP contribution in [0.5, 0.6) is 0 Å². The first-order valence-electron chi connectivity index (χ1n) is 7.00. The summed E-state index contributed by atoms with van der Waals surface area (Å²) in [5, 5.41) is 5.85. The smallest absolute Gasteiger partial charge is 0.0339 e. The highest BCUT2D eigenvalue weighted by atomic mass is 79.9. The molecule has 4 heteroatoms. The molecule has 1 atom stereocenters. The van der Waals surface area contributed by atoms with Gasteiger partial charge in [-0.2, -0.15) is 0 Å². The summed E-state index contributed by atoms with van der Waals surface area (Å²) in [5.74, 6) is 0.926. The predicted octanol–water partition coefficient (Wildman–Crippen LogP) is 3.47. The molecule has 2 fully saturated rings. The average molecular weight is 329 g/mol. The van der Waals surface area contributed by atoms with E-state index in [0.717, 1.165) is 18.5 Å². The molecule has 2 saturated heterocycles. The van der Waals surface area contributed by atoms with Gasteiger partial charge in [-0.1, -0.05) is 0 Å². The van der Waals surface area contributed by atoms with Crippen molar-refractivity contribution < 1.29 is 0 Å². The Labute approximate surface area is 122 Å². The third-order valence-electron chi connectivity index (χ3n) is 4.36. The molecular formula is C14H21BrN2S. The topological polar surface area (TPSA) is 15.3 Å². The van der Waals surface area contributed by atoms with Gasteiger partial charge in [0.25, 0.3) is 0 Å². The Morgan fingerprint density at radius 3 is 2.78 bits per heavy atom. The van der Waals surface area contributed by atoms with Crippen LogP contribution in [0.1, 0.15) is 30.6 Å². The van der Waals surface area contributed by atoms with Gasteiger partial charge in [0.1, 0.15) is 0 Å². The number of likely N-dealkylation sites (tertiary alicyclic amines) is 1. The molecule has 0 radical (unpaired) electrons. The molecule has 100 valence electrons. The average Bonchev–Trinajstić information content (AvgIpc) is 3.03. The Morgan fingerprint density at radius 2 is 2.17 bits per heavy atom. The summed E-state index contributed by atoms with van der Waals surface area (Å²) in [4.78, 5) is 4.09. The minimum atomic E-state index is 0.820. The van der Waals surface area contributed by atoms with Crippen molar-refractivity contribution in [2.75, 3.05) is 19.6 Å². The van der Waals surface area contributed by atoms with Gasteiger partial charge in [-0.25, -0.2) is 0 Å². The van der Waals surface area contributed by atoms with Crippen molar-refractivity contribution in [1.29, 1.82) is 0 Å². The molecule has 0 aromatic carbocycles. The van der Waals surface area contributed by atoms with Crippen LogP contribution in [0.25, 0.3) is 0 Å². The van der Waals surface area contributed by atoms with E-state index in [1.165, 1.54) is 54.7 Å². The quantitative estimate of drug-likeness (QED) is 0.913. The fraction of sp³-hybridized carbons (Fsp3) is 0.714. The molecule has 3 rings (SSSR count).